The average Bonchev–Trinajstić information content (AvgIpc) is 3.30. The van der Waals surface area contributed by atoms with Gasteiger partial charge < -0.3 is 10.6 Å². The first-order valence-corrected chi connectivity index (χ1v) is 7.64. The van der Waals surface area contributed by atoms with Crippen molar-refractivity contribution in [2.45, 2.75) is 38.3 Å². The van der Waals surface area contributed by atoms with E-state index >= 15 is 0 Å². The van der Waals surface area contributed by atoms with Crippen LogP contribution in [0.15, 0.2) is 24.3 Å². The monoisotopic (exact) mass is 306 g/mol. The van der Waals surface area contributed by atoms with Crippen molar-refractivity contribution >= 4 is 17.5 Å². The smallest absolute Gasteiger partial charge is 0.276 e. The Balaban J connectivity index is 1.87. The number of hydrogen-bond acceptors (Lipinski definition) is 2. The van der Waals surface area contributed by atoms with Crippen molar-refractivity contribution in [1.82, 2.24) is 5.32 Å². The van der Waals surface area contributed by atoms with Crippen molar-refractivity contribution < 1.29 is 10.1 Å². The minimum atomic E-state index is -0.724. The Bertz CT molecular complexity index is 565. The fraction of sp³-hybridized carbons (Fsp3) is 0.500. The predicted molar refractivity (Wildman–Crippen MR) is 81.5 cm³/mol. The molecule has 0 spiro atoms. The molecule has 0 unspecified atom stereocenters. The molecule has 1 saturated carbocycles. The van der Waals surface area contributed by atoms with Gasteiger partial charge in [0.2, 0.25) is 0 Å². The highest BCUT2D eigenvalue weighted by Crippen LogP contribution is 2.39. The van der Waals surface area contributed by atoms with Crippen molar-refractivity contribution in [2.24, 2.45) is 5.92 Å². The third kappa shape index (κ3) is 3.96. The van der Waals surface area contributed by atoms with Gasteiger partial charge in [-0.25, -0.2) is 0 Å². The van der Waals surface area contributed by atoms with Gasteiger partial charge in [-0.3, -0.25) is 4.79 Å². The van der Waals surface area contributed by atoms with E-state index in [0.717, 1.165) is 18.4 Å². The molecule has 112 valence electrons. The topological polar surface area (TPSA) is 69.5 Å². The average molecular weight is 307 g/mol. The maximum Gasteiger partial charge on any atom is 0.276 e. The van der Waals surface area contributed by atoms with Crippen molar-refractivity contribution in [1.29, 1.82) is 5.26 Å². The van der Waals surface area contributed by atoms with Crippen molar-refractivity contribution in [3.63, 3.8) is 0 Å². The second-order valence-corrected chi connectivity index (χ2v) is 6.29. The first kappa shape index (κ1) is 15.8. The lowest BCUT2D eigenvalue weighted by molar-refractivity contribution is -0.682. The maximum atomic E-state index is 12.0. The molecule has 2 rings (SSSR count). The van der Waals surface area contributed by atoms with Gasteiger partial charge in [-0.2, -0.15) is 5.26 Å². The molecule has 1 amide bonds. The molecule has 1 aliphatic rings. The van der Waals surface area contributed by atoms with Crippen LogP contribution in [0.25, 0.3) is 0 Å². The summed E-state index contributed by atoms with van der Waals surface area (Å²) in [5.41, 5.74) is 0.288. The zero-order valence-corrected chi connectivity index (χ0v) is 13.2. The second-order valence-electron chi connectivity index (χ2n) is 5.89. The van der Waals surface area contributed by atoms with Gasteiger partial charge >= 0.3 is 0 Å². The number of nitrogens with one attached hydrogen (secondary N) is 1. The van der Waals surface area contributed by atoms with Crippen molar-refractivity contribution in [3.05, 3.63) is 34.9 Å². The SMILES string of the molecule is C[C@H]([NH2+]CC(=O)N[C@](C)(C#N)C1CC1)c1ccccc1Cl. The van der Waals surface area contributed by atoms with E-state index in [1.165, 1.54) is 0 Å². The first-order chi connectivity index (χ1) is 9.96. The standard InChI is InChI=1S/C16H20ClN3O/c1-11(13-5-3-4-6-14(13)17)19-9-15(21)20-16(2,10-18)12-7-8-12/h3-6,11-12,19H,7-9H2,1-2H3,(H,20,21)/p+1/t11-,16+/m0/s1. The molecule has 1 aromatic rings. The summed E-state index contributed by atoms with van der Waals surface area (Å²) >= 11 is 6.15. The van der Waals surface area contributed by atoms with Gasteiger partial charge in [0.1, 0.15) is 11.6 Å². The molecule has 3 N–H and O–H groups in total. The zero-order valence-electron chi connectivity index (χ0n) is 12.4. The van der Waals surface area contributed by atoms with Gasteiger partial charge in [0.15, 0.2) is 6.54 Å². The maximum absolute atomic E-state index is 12.0. The Kier molecular flexibility index (Phi) is 4.87. The quantitative estimate of drug-likeness (QED) is 0.841. The minimum Gasteiger partial charge on any atom is -0.333 e. The number of carbonyl (C=O) groups is 1. The zero-order chi connectivity index (χ0) is 15.5. The van der Waals surface area contributed by atoms with E-state index in [-0.39, 0.29) is 18.5 Å². The molecule has 0 aliphatic heterocycles. The van der Waals surface area contributed by atoms with Crippen molar-refractivity contribution in [3.8, 4) is 6.07 Å². The molecule has 0 radical (unpaired) electrons. The number of carbonyl (C=O) groups excluding carboxylic acids is 1. The van der Waals surface area contributed by atoms with Crippen LogP contribution in [0, 0.1) is 17.2 Å². The molecule has 1 aliphatic carbocycles. The van der Waals surface area contributed by atoms with Gasteiger partial charge in [0.05, 0.1) is 6.07 Å². The lowest BCUT2D eigenvalue weighted by Gasteiger charge is -2.22. The van der Waals surface area contributed by atoms with Gasteiger partial charge in [-0.15, -0.1) is 0 Å². The number of hydrogen-bond donors (Lipinski definition) is 2. The molecule has 1 fully saturated rings. The van der Waals surface area contributed by atoms with Crippen LogP contribution in [0.3, 0.4) is 0 Å². The Labute approximate surface area is 130 Å². The summed E-state index contributed by atoms with van der Waals surface area (Å²) in [6.45, 7) is 4.11. The summed E-state index contributed by atoms with van der Waals surface area (Å²) < 4.78 is 0. The fourth-order valence-corrected chi connectivity index (χ4v) is 2.79. The number of halogens is 1. The highest BCUT2D eigenvalue weighted by atomic mass is 35.5. The molecule has 1 aromatic carbocycles. The molecular weight excluding hydrogens is 286 g/mol. The summed E-state index contributed by atoms with van der Waals surface area (Å²) in [5.74, 6) is 0.192. The van der Waals surface area contributed by atoms with E-state index in [4.69, 9.17) is 11.6 Å². The van der Waals surface area contributed by atoms with E-state index in [1.807, 2.05) is 36.5 Å². The highest BCUT2D eigenvalue weighted by Gasteiger charge is 2.43. The summed E-state index contributed by atoms with van der Waals surface area (Å²) in [6.07, 6.45) is 2.04. The fourth-order valence-electron chi connectivity index (χ4n) is 2.48. The van der Waals surface area contributed by atoms with Crippen LogP contribution in [0.1, 0.15) is 38.3 Å². The molecule has 0 saturated heterocycles. The molecule has 0 bridgehead atoms. The third-order valence-corrected chi connectivity index (χ3v) is 4.42. The van der Waals surface area contributed by atoms with Crippen molar-refractivity contribution in [2.75, 3.05) is 6.54 Å². The number of rotatable bonds is 6. The highest BCUT2D eigenvalue weighted by molar-refractivity contribution is 6.31. The molecule has 21 heavy (non-hydrogen) atoms. The Morgan fingerprint density at radius 1 is 1.57 bits per heavy atom. The summed E-state index contributed by atoms with van der Waals surface area (Å²) in [6, 6.07) is 9.96. The van der Waals surface area contributed by atoms with Gasteiger partial charge in [0, 0.05) is 10.6 Å². The summed E-state index contributed by atoms with van der Waals surface area (Å²) in [4.78, 5) is 12.0. The number of benzene rings is 1. The molecule has 4 nitrogen and oxygen atoms in total. The van der Waals surface area contributed by atoms with Crippen LogP contribution < -0.4 is 10.6 Å². The van der Waals surface area contributed by atoms with Gasteiger partial charge in [-0.05, 0) is 38.7 Å². The van der Waals surface area contributed by atoms with Crippen LogP contribution in [0.4, 0.5) is 0 Å². The van der Waals surface area contributed by atoms with E-state index in [2.05, 4.69) is 11.4 Å². The van der Waals surface area contributed by atoms with Crippen LogP contribution in [-0.4, -0.2) is 18.0 Å². The van der Waals surface area contributed by atoms with Crippen LogP contribution in [0.5, 0.6) is 0 Å². The second kappa shape index (κ2) is 6.46. The van der Waals surface area contributed by atoms with Crippen LogP contribution >= 0.6 is 11.6 Å². The number of nitriles is 1. The number of quaternary nitrogens is 1. The van der Waals surface area contributed by atoms with E-state index in [1.54, 1.807) is 6.92 Å². The largest absolute Gasteiger partial charge is 0.333 e. The lowest BCUT2D eigenvalue weighted by atomic mass is 9.98. The lowest BCUT2D eigenvalue weighted by Crippen LogP contribution is -2.87. The minimum absolute atomic E-state index is 0.0960. The molecule has 2 atom stereocenters. The van der Waals surface area contributed by atoms with Crippen LogP contribution in [-0.2, 0) is 4.79 Å². The number of nitrogens with two attached hydrogens (primary N) is 1. The number of nitrogens with zero attached hydrogens (tertiary/aromatic N) is 1. The first-order valence-electron chi connectivity index (χ1n) is 7.26. The van der Waals surface area contributed by atoms with Gasteiger partial charge in [0.25, 0.3) is 5.91 Å². The summed E-state index contributed by atoms with van der Waals surface area (Å²) in [7, 11) is 0. The normalized spacial score (nSPS) is 18.4. The van der Waals surface area contributed by atoms with E-state index in [9.17, 15) is 10.1 Å². The molecule has 0 heterocycles. The third-order valence-electron chi connectivity index (χ3n) is 4.08. The van der Waals surface area contributed by atoms with Gasteiger partial charge in [-0.1, -0.05) is 29.8 Å². The summed E-state index contributed by atoms with van der Waals surface area (Å²) in [5, 5.41) is 14.7. The predicted octanol–water partition coefficient (Wildman–Crippen LogP) is 1.77. The van der Waals surface area contributed by atoms with E-state index in [0.29, 0.717) is 10.9 Å². The van der Waals surface area contributed by atoms with E-state index < -0.39 is 5.54 Å². The molecule has 0 aromatic heterocycles. The Morgan fingerprint density at radius 3 is 2.81 bits per heavy atom. The molecular formula is C16H21ClN3O+. The number of amides is 1. The Hall–Kier alpha value is -1.57. The molecule has 5 heteroatoms. The van der Waals surface area contributed by atoms with Crippen LogP contribution in [0.2, 0.25) is 5.02 Å². The Morgan fingerprint density at radius 2 is 2.24 bits per heavy atom.